The van der Waals surface area contributed by atoms with E-state index in [0.717, 1.165) is 30.8 Å². The second-order valence-corrected chi connectivity index (χ2v) is 9.72. The monoisotopic (exact) mass is 542 g/mol. The number of aryl methyl sites for hydroxylation is 1. The number of hydrazine groups is 1. The summed E-state index contributed by atoms with van der Waals surface area (Å²) in [6.45, 7) is 4.51. The quantitative estimate of drug-likeness (QED) is 0.379. The van der Waals surface area contributed by atoms with E-state index in [9.17, 15) is 18.0 Å². The number of nitrogens with zero attached hydrogens (tertiary/aromatic N) is 5. The van der Waals surface area contributed by atoms with Gasteiger partial charge in [0.1, 0.15) is 0 Å². The Hall–Kier alpha value is -4.03. The van der Waals surface area contributed by atoms with Crippen molar-refractivity contribution in [2.75, 3.05) is 43.4 Å². The predicted octanol–water partition coefficient (Wildman–Crippen LogP) is 3.42. The number of carbonyl (C=O) groups excluding carboxylic acids is 1. The van der Waals surface area contributed by atoms with Crippen molar-refractivity contribution in [3.63, 3.8) is 0 Å². The molecule has 0 radical (unpaired) electrons. The van der Waals surface area contributed by atoms with Crippen molar-refractivity contribution in [3.8, 4) is 0 Å². The molecule has 0 atom stereocenters. The van der Waals surface area contributed by atoms with Gasteiger partial charge in [-0.25, -0.2) is 5.84 Å². The molecule has 1 aromatic carbocycles. The van der Waals surface area contributed by atoms with Gasteiger partial charge in [0, 0.05) is 68.1 Å². The fraction of sp³-hybridized carbons (Fsp3) is 0.333. The first-order valence-electron chi connectivity index (χ1n) is 12.5. The van der Waals surface area contributed by atoms with E-state index in [2.05, 4.69) is 15.3 Å². The molecule has 0 bridgehead atoms. The molecule has 12 heteroatoms. The van der Waals surface area contributed by atoms with Crippen LogP contribution in [0.3, 0.4) is 0 Å². The van der Waals surface area contributed by atoms with Crippen molar-refractivity contribution in [2.24, 2.45) is 18.6 Å². The third-order valence-electron chi connectivity index (χ3n) is 6.69. The maximum absolute atomic E-state index is 13.7. The Morgan fingerprint density at radius 1 is 1.13 bits per heavy atom. The van der Waals surface area contributed by atoms with Crippen LogP contribution in [0.15, 0.2) is 71.9 Å². The van der Waals surface area contributed by atoms with Crippen LogP contribution in [0, 0.1) is 0 Å². The molecule has 4 rings (SSSR count). The normalized spacial score (nSPS) is 17.3. The van der Waals surface area contributed by atoms with E-state index in [1.165, 1.54) is 11.2 Å². The third-order valence-corrected chi connectivity index (χ3v) is 6.69. The number of piperazine rings is 1. The molecule has 0 unspecified atom stereocenters. The molecule has 1 fully saturated rings. The smallest absolute Gasteiger partial charge is 0.397 e. The zero-order chi connectivity index (χ0) is 28.3. The fourth-order valence-electron chi connectivity index (χ4n) is 4.39. The molecule has 0 spiro atoms. The number of aromatic nitrogens is 2. The Morgan fingerprint density at radius 3 is 2.49 bits per heavy atom. The Balaban J connectivity index is 1.59. The first-order chi connectivity index (χ1) is 18.4. The van der Waals surface area contributed by atoms with Gasteiger partial charge in [-0.3, -0.25) is 14.5 Å². The minimum atomic E-state index is -4.56. The average Bonchev–Trinajstić information content (AvgIpc) is 3.21. The van der Waals surface area contributed by atoms with E-state index in [1.807, 2.05) is 24.9 Å². The number of alkyl halides is 3. The van der Waals surface area contributed by atoms with Gasteiger partial charge in [-0.2, -0.15) is 18.3 Å². The lowest BCUT2D eigenvalue weighted by molar-refractivity contribution is -0.137. The molecule has 0 saturated carbocycles. The van der Waals surface area contributed by atoms with E-state index < -0.39 is 17.6 Å². The van der Waals surface area contributed by atoms with Crippen molar-refractivity contribution >= 4 is 23.0 Å². The standard InChI is InChI=1S/C27H33F3N8O/c1-18-5-4-6-19(11-25(18)38(32)17-24(31)20-15-33-36(3)16-20)26(39)34-22-12-21(27(28,29)30)13-23(14-22)37-9-7-35(2)8-10-37/h5-6,11-17H,4,7-10,31-32H2,1-3H3,(H,34,39)/b24-17-. The Bertz CT molecular complexity index is 1350. The molecule has 2 aliphatic rings. The predicted molar refractivity (Wildman–Crippen MR) is 146 cm³/mol. The molecular weight excluding hydrogens is 509 g/mol. The molecule has 1 aliphatic heterocycles. The van der Waals surface area contributed by atoms with E-state index >= 15 is 0 Å². The van der Waals surface area contributed by atoms with Gasteiger partial charge in [-0.15, -0.1) is 0 Å². The van der Waals surface area contributed by atoms with E-state index in [-0.39, 0.29) is 11.3 Å². The zero-order valence-electron chi connectivity index (χ0n) is 22.2. The summed E-state index contributed by atoms with van der Waals surface area (Å²) in [4.78, 5) is 17.3. The topological polar surface area (TPSA) is 109 Å². The highest BCUT2D eigenvalue weighted by atomic mass is 19.4. The Morgan fingerprint density at radius 2 is 1.85 bits per heavy atom. The van der Waals surface area contributed by atoms with Gasteiger partial charge in [0.25, 0.3) is 5.91 Å². The summed E-state index contributed by atoms with van der Waals surface area (Å²) in [6.07, 6.45) is 5.95. The van der Waals surface area contributed by atoms with Gasteiger partial charge < -0.3 is 20.9 Å². The third kappa shape index (κ3) is 6.89. The van der Waals surface area contributed by atoms with Gasteiger partial charge in [0.05, 0.1) is 23.2 Å². The second kappa shape index (κ2) is 11.4. The highest BCUT2D eigenvalue weighted by molar-refractivity contribution is 6.06. The van der Waals surface area contributed by atoms with Gasteiger partial charge >= 0.3 is 6.18 Å². The van der Waals surface area contributed by atoms with Crippen LogP contribution in [0.4, 0.5) is 24.5 Å². The molecule has 208 valence electrons. The van der Waals surface area contributed by atoms with Crippen LogP contribution in [0.25, 0.3) is 5.70 Å². The van der Waals surface area contributed by atoms with Crippen molar-refractivity contribution in [1.82, 2.24) is 19.7 Å². The number of hydrogen-bond acceptors (Lipinski definition) is 7. The molecule has 1 amide bonds. The molecular formula is C27H33F3N8O. The van der Waals surface area contributed by atoms with Gasteiger partial charge in [0.2, 0.25) is 0 Å². The number of rotatable bonds is 6. The van der Waals surface area contributed by atoms with E-state index in [4.69, 9.17) is 11.6 Å². The number of halogens is 3. The lowest BCUT2D eigenvalue weighted by Gasteiger charge is -2.34. The number of nitrogens with two attached hydrogens (primary N) is 2. The first kappa shape index (κ1) is 28.0. The van der Waals surface area contributed by atoms with Crippen LogP contribution in [-0.2, 0) is 18.0 Å². The van der Waals surface area contributed by atoms with Crippen LogP contribution < -0.4 is 21.8 Å². The highest BCUT2D eigenvalue weighted by Crippen LogP contribution is 2.35. The molecule has 2 aromatic rings. The Kier molecular flexibility index (Phi) is 8.17. The second-order valence-electron chi connectivity index (χ2n) is 9.72. The van der Waals surface area contributed by atoms with Crippen LogP contribution in [0.2, 0.25) is 0 Å². The maximum Gasteiger partial charge on any atom is 0.416 e. The number of hydrogen-bond donors (Lipinski definition) is 3. The summed E-state index contributed by atoms with van der Waals surface area (Å²) in [5.41, 5.74) is 8.49. The summed E-state index contributed by atoms with van der Waals surface area (Å²) in [7, 11) is 3.74. The lowest BCUT2D eigenvalue weighted by atomic mass is 10.1. The van der Waals surface area contributed by atoms with Crippen molar-refractivity contribution in [3.05, 3.63) is 83.0 Å². The zero-order valence-corrected chi connectivity index (χ0v) is 22.2. The molecule has 1 saturated heterocycles. The SMILES string of the molecule is CC1=CCC=C(C(=O)Nc2cc(N3CCN(C)CC3)cc(C(F)(F)F)c2)C=C1N(N)/C=C(\N)c1cnn(C)c1. The van der Waals surface area contributed by atoms with Crippen LogP contribution in [0.1, 0.15) is 24.5 Å². The Labute approximate surface area is 225 Å². The number of allylic oxidation sites excluding steroid dienone is 3. The van der Waals surface area contributed by atoms with Crippen LogP contribution in [-0.4, -0.2) is 58.8 Å². The number of nitrogens with one attached hydrogen (secondary N) is 1. The lowest BCUT2D eigenvalue weighted by Crippen LogP contribution is -2.44. The number of anilines is 2. The molecule has 39 heavy (non-hydrogen) atoms. The summed E-state index contributed by atoms with van der Waals surface area (Å²) < 4.78 is 42.8. The van der Waals surface area contributed by atoms with Crippen LogP contribution in [0.5, 0.6) is 0 Å². The molecule has 1 aliphatic carbocycles. The average molecular weight is 543 g/mol. The minimum Gasteiger partial charge on any atom is -0.397 e. The number of likely N-dealkylation sites (N-methyl/N-ethyl adjacent to an activating group) is 1. The van der Waals surface area contributed by atoms with Gasteiger partial charge in [-0.05, 0) is 50.2 Å². The first-order valence-corrected chi connectivity index (χ1v) is 12.5. The summed E-state index contributed by atoms with van der Waals surface area (Å²) in [5, 5.41) is 8.07. The van der Waals surface area contributed by atoms with E-state index in [1.54, 1.807) is 42.3 Å². The molecule has 2 heterocycles. The summed E-state index contributed by atoms with van der Waals surface area (Å²) in [6, 6.07) is 3.66. The fourth-order valence-corrected chi connectivity index (χ4v) is 4.39. The molecule has 5 N–H and O–H groups in total. The summed E-state index contributed by atoms with van der Waals surface area (Å²) in [5.74, 6) is 5.75. The highest BCUT2D eigenvalue weighted by Gasteiger charge is 2.32. The molecule has 1 aromatic heterocycles. The number of carbonyl (C=O) groups is 1. The van der Waals surface area contributed by atoms with E-state index in [0.29, 0.717) is 42.2 Å². The van der Waals surface area contributed by atoms with Crippen molar-refractivity contribution in [2.45, 2.75) is 19.5 Å². The van der Waals surface area contributed by atoms with Gasteiger partial charge in [0.15, 0.2) is 0 Å². The minimum absolute atomic E-state index is 0.0684. The summed E-state index contributed by atoms with van der Waals surface area (Å²) >= 11 is 0. The van der Waals surface area contributed by atoms with Crippen molar-refractivity contribution < 1.29 is 18.0 Å². The van der Waals surface area contributed by atoms with Gasteiger partial charge in [-0.1, -0.05) is 12.2 Å². The van der Waals surface area contributed by atoms with Crippen LogP contribution >= 0.6 is 0 Å². The number of benzene rings is 1. The molecule has 9 nitrogen and oxygen atoms in total. The maximum atomic E-state index is 13.7. The van der Waals surface area contributed by atoms with Crippen molar-refractivity contribution in [1.29, 1.82) is 0 Å². The number of amides is 1. The largest absolute Gasteiger partial charge is 0.416 e.